The van der Waals surface area contributed by atoms with Crippen LogP contribution in [-0.4, -0.2) is 16.1 Å². The zero-order valence-corrected chi connectivity index (χ0v) is 14.5. The third-order valence-electron chi connectivity index (χ3n) is 3.52. The summed E-state index contributed by atoms with van der Waals surface area (Å²) in [5.41, 5.74) is 3.04. The smallest absolute Gasteiger partial charge is 0.335 e. The van der Waals surface area contributed by atoms with E-state index in [0.29, 0.717) is 5.02 Å². The Hall–Kier alpha value is -2.37. The lowest BCUT2D eigenvalue weighted by molar-refractivity contribution is 0.0697. The number of nitrogens with one attached hydrogen (secondary N) is 1. The van der Waals surface area contributed by atoms with E-state index in [1.54, 1.807) is 35.6 Å². The highest BCUT2D eigenvalue weighted by Gasteiger charge is 2.12. The largest absolute Gasteiger partial charge is 0.478 e. The van der Waals surface area contributed by atoms with Crippen LogP contribution in [0.2, 0.25) is 5.02 Å². The molecule has 24 heavy (non-hydrogen) atoms. The van der Waals surface area contributed by atoms with Gasteiger partial charge in [0.2, 0.25) is 0 Å². The SMILES string of the molecule is CCc1sc(Nc2ccc(C(=O)O)cc2)nc1-c1ccc(Cl)cc1. The van der Waals surface area contributed by atoms with Crippen molar-refractivity contribution in [3.8, 4) is 11.3 Å². The number of carboxylic acid groups (broad SMARTS) is 1. The first-order valence-corrected chi connectivity index (χ1v) is 8.62. The van der Waals surface area contributed by atoms with Gasteiger partial charge in [0.15, 0.2) is 5.13 Å². The molecule has 0 unspecified atom stereocenters. The van der Waals surface area contributed by atoms with Crippen molar-refractivity contribution in [2.75, 3.05) is 5.32 Å². The number of thiazole rings is 1. The first-order chi connectivity index (χ1) is 11.6. The number of aryl methyl sites for hydroxylation is 1. The van der Waals surface area contributed by atoms with Crippen LogP contribution < -0.4 is 5.32 Å². The summed E-state index contributed by atoms with van der Waals surface area (Å²) < 4.78 is 0. The Kier molecular flexibility index (Phi) is 4.83. The number of carboxylic acids is 1. The maximum absolute atomic E-state index is 10.9. The van der Waals surface area contributed by atoms with E-state index < -0.39 is 5.97 Å². The molecule has 0 bridgehead atoms. The molecule has 0 saturated heterocycles. The number of nitrogens with zero attached hydrogens (tertiary/aromatic N) is 1. The van der Waals surface area contributed by atoms with Gasteiger partial charge in [-0.05, 0) is 42.8 Å². The van der Waals surface area contributed by atoms with Gasteiger partial charge in [0, 0.05) is 21.2 Å². The van der Waals surface area contributed by atoms with Gasteiger partial charge < -0.3 is 10.4 Å². The van der Waals surface area contributed by atoms with Crippen LogP contribution in [0.5, 0.6) is 0 Å². The Labute approximate surface area is 148 Å². The predicted molar refractivity (Wildman–Crippen MR) is 98.6 cm³/mol. The molecule has 0 atom stereocenters. The van der Waals surface area contributed by atoms with Crippen LogP contribution in [0.4, 0.5) is 10.8 Å². The minimum atomic E-state index is -0.936. The third-order valence-corrected chi connectivity index (χ3v) is 4.89. The molecule has 3 rings (SSSR count). The van der Waals surface area contributed by atoms with Crippen molar-refractivity contribution in [1.29, 1.82) is 0 Å². The fourth-order valence-electron chi connectivity index (χ4n) is 2.30. The van der Waals surface area contributed by atoms with E-state index in [2.05, 4.69) is 17.2 Å². The number of rotatable bonds is 5. The first-order valence-electron chi connectivity index (χ1n) is 7.43. The highest BCUT2D eigenvalue weighted by atomic mass is 35.5. The molecular weight excluding hydrogens is 344 g/mol. The standard InChI is InChI=1S/C18H15ClN2O2S/c1-2-15-16(11-3-7-13(19)8-4-11)21-18(24-15)20-14-9-5-12(6-10-14)17(22)23/h3-10H,2H2,1H3,(H,20,21)(H,22,23). The minimum Gasteiger partial charge on any atom is -0.478 e. The monoisotopic (exact) mass is 358 g/mol. The minimum absolute atomic E-state index is 0.260. The van der Waals surface area contributed by atoms with Crippen LogP contribution in [0.25, 0.3) is 11.3 Å². The van der Waals surface area contributed by atoms with Crippen LogP contribution >= 0.6 is 22.9 Å². The Morgan fingerprint density at radius 2 is 1.83 bits per heavy atom. The lowest BCUT2D eigenvalue weighted by Crippen LogP contribution is -1.96. The van der Waals surface area contributed by atoms with E-state index in [9.17, 15) is 4.79 Å². The normalized spacial score (nSPS) is 10.6. The van der Waals surface area contributed by atoms with Crippen molar-refractivity contribution in [3.05, 3.63) is 64.0 Å². The molecule has 0 saturated carbocycles. The van der Waals surface area contributed by atoms with Crippen molar-refractivity contribution in [2.24, 2.45) is 0 Å². The van der Waals surface area contributed by atoms with Crippen LogP contribution in [-0.2, 0) is 6.42 Å². The van der Waals surface area contributed by atoms with Crippen molar-refractivity contribution < 1.29 is 9.90 Å². The van der Waals surface area contributed by atoms with Crippen LogP contribution in [0.3, 0.4) is 0 Å². The number of hydrogen-bond acceptors (Lipinski definition) is 4. The number of aromatic nitrogens is 1. The van der Waals surface area contributed by atoms with Crippen molar-refractivity contribution in [2.45, 2.75) is 13.3 Å². The van der Waals surface area contributed by atoms with Gasteiger partial charge in [-0.25, -0.2) is 9.78 Å². The molecule has 2 N–H and O–H groups in total. The summed E-state index contributed by atoms with van der Waals surface area (Å²) in [5, 5.41) is 13.7. The van der Waals surface area contributed by atoms with E-state index in [-0.39, 0.29) is 5.56 Å². The lowest BCUT2D eigenvalue weighted by Gasteiger charge is -2.02. The van der Waals surface area contributed by atoms with Gasteiger partial charge in [-0.1, -0.05) is 30.7 Å². The average molecular weight is 359 g/mol. The fourth-order valence-corrected chi connectivity index (χ4v) is 3.37. The molecule has 4 nitrogen and oxygen atoms in total. The molecule has 2 aromatic carbocycles. The summed E-state index contributed by atoms with van der Waals surface area (Å²) in [6.07, 6.45) is 0.884. The Morgan fingerprint density at radius 1 is 1.17 bits per heavy atom. The number of aromatic carboxylic acids is 1. The molecule has 0 amide bonds. The van der Waals surface area contributed by atoms with Gasteiger partial charge in [-0.2, -0.15) is 0 Å². The van der Waals surface area contributed by atoms with E-state index in [0.717, 1.165) is 28.5 Å². The van der Waals surface area contributed by atoms with Gasteiger partial charge in [-0.15, -0.1) is 11.3 Å². The zero-order chi connectivity index (χ0) is 17.1. The summed E-state index contributed by atoms with van der Waals surface area (Å²) in [6, 6.07) is 14.2. The molecule has 0 aliphatic carbocycles. The fraction of sp³-hybridized carbons (Fsp3) is 0.111. The van der Waals surface area contributed by atoms with Gasteiger partial charge in [-0.3, -0.25) is 0 Å². The second kappa shape index (κ2) is 7.03. The van der Waals surface area contributed by atoms with Gasteiger partial charge in [0.1, 0.15) is 0 Å². The van der Waals surface area contributed by atoms with E-state index in [1.165, 1.54) is 4.88 Å². The molecule has 1 heterocycles. The molecule has 6 heteroatoms. The van der Waals surface area contributed by atoms with E-state index in [4.69, 9.17) is 16.7 Å². The molecule has 0 aliphatic heterocycles. The summed E-state index contributed by atoms with van der Waals surface area (Å²) in [5.74, 6) is -0.936. The maximum Gasteiger partial charge on any atom is 0.335 e. The maximum atomic E-state index is 10.9. The van der Waals surface area contributed by atoms with Crippen molar-refractivity contribution in [1.82, 2.24) is 4.98 Å². The zero-order valence-electron chi connectivity index (χ0n) is 12.9. The summed E-state index contributed by atoms with van der Waals surface area (Å²) in [7, 11) is 0. The Balaban J connectivity index is 1.86. The van der Waals surface area contributed by atoms with Crippen molar-refractivity contribution >= 4 is 39.7 Å². The lowest BCUT2D eigenvalue weighted by atomic mass is 10.1. The third kappa shape index (κ3) is 3.58. The predicted octanol–water partition coefficient (Wildman–Crippen LogP) is 5.47. The van der Waals surface area contributed by atoms with Crippen LogP contribution in [0, 0.1) is 0 Å². The Morgan fingerprint density at radius 3 is 2.42 bits per heavy atom. The number of benzene rings is 2. The summed E-state index contributed by atoms with van der Waals surface area (Å²) in [6.45, 7) is 2.10. The topological polar surface area (TPSA) is 62.2 Å². The van der Waals surface area contributed by atoms with Gasteiger partial charge >= 0.3 is 5.97 Å². The average Bonchev–Trinajstić information content (AvgIpc) is 2.99. The second-order valence-electron chi connectivity index (χ2n) is 5.16. The number of anilines is 2. The molecule has 0 aliphatic rings. The molecule has 122 valence electrons. The van der Waals surface area contributed by atoms with Gasteiger partial charge in [0.05, 0.1) is 11.3 Å². The molecule has 0 fully saturated rings. The van der Waals surface area contributed by atoms with Crippen LogP contribution in [0.1, 0.15) is 22.2 Å². The molecule has 3 aromatic rings. The highest BCUT2D eigenvalue weighted by Crippen LogP contribution is 2.33. The summed E-state index contributed by atoms with van der Waals surface area (Å²) >= 11 is 7.54. The first kappa shape index (κ1) is 16.5. The Bertz CT molecular complexity index is 858. The van der Waals surface area contributed by atoms with Crippen LogP contribution in [0.15, 0.2) is 48.5 Å². The molecule has 0 spiro atoms. The van der Waals surface area contributed by atoms with Crippen molar-refractivity contribution in [3.63, 3.8) is 0 Å². The highest BCUT2D eigenvalue weighted by molar-refractivity contribution is 7.16. The number of halogens is 1. The van der Waals surface area contributed by atoms with E-state index >= 15 is 0 Å². The number of carbonyl (C=O) groups is 1. The van der Waals surface area contributed by atoms with E-state index in [1.807, 2.05) is 24.3 Å². The molecule has 0 radical (unpaired) electrons. The quantitative estimate of drug-likeness (QED) is 0.635. The second-order valence-corrected chi connectivity index (χ2v) is 6.68. The van der Waals surface area contributed by atoms with Gasteiger partial charge in [0.25, 0.3) is 0 Å². The molecule has 1 aromatic heterocycles. The summed E-state index contributed by atoms with van der Waals surface area (Å²) in [4.78, 5) is 16.8. The number of hydrogen-bond donors (Lipinski definition) is 2. The molecular formula is C18H15ClN2O2S.